The topological polar surface area (TPSA) is 85.8 Å². The van der Waals surface area contributed by atoms with Crippen LogP contribution in [0.1, 0.15) is 15.2 Å². The normalized spacial score (nSPS) is 10.9. The number of rotatable bonds is 5. The summed E-state index contributed by atoms with van der Waals surface area (Å²) in [5.74, 6) is 0.989. The number of aromatic nitrogens is 3. The molecule has 0 bridgehead atoms. The lowest BCUT2D eigenvalue weighted by atomic mass is 10.1. The number of fused-ring (bicyclic) bond motifs is 1. The molecule has 2 N–H and O–H groups in total. The number of pyridine rings is 1. The monoisotopic (exact) mass is 393 g/mol. The Balaban J connectivity index is 1.52. The molecule has 7 nitrogen and oxygen atoms in total. The predicted molar refractivity (Wildman–Crippen MR) is 110 cm³/mol. The molecule has 142 valence electrons. The highest BCUT2D eigenvalue weighted by atomic mass is 32.1. The zero-order chi connectivity index (χ0) is 19.7. The van der Waals surface area contributed by atoms with Gasteiger partial charge in [-0.25, -0.2) is 4.52 Å². The fraction of sp³-hybridized carbons (Fsp3) is 0.150. The molecule has 0 fully saturated rings. The van der Waals surface area contributed by atoms with Gasteiger partial charge in [-0.05, 0) is 46.8 Å². The van der Waals surface area contributed by atoms with Gasteiger partial charge in [0, 0.05) is 25.4 Å². The Labute approximate surface area is 166 Å². The maximum absolute atomic E-state index is 12.8. The number of carbonyl (C=O) groups excluding carboxylic acids is 1. The maximum atomic E-state index is 12.8. The van der Waals surface area contributed by atoms with E-state index >= 15 is 0 Å². The van der Waals surface area contributed by atoms with Crippen LogP contribution in [0.3, 0.4) is 0 Å². The highest BCUT2D eigenvalue weighted by Gasteiger charge is 2.16. The number of amides is 1. The molecule has 3 heterocycles. The van der Waals surface area contributed by atoms with Gasteiger partial charge < -0.3 is 15.4 Å². The highest BCUT2D eigenvalue weighted by Crippen LogP contribution is 2.27. The lowest BCUT2D eigenvalue weighted by Crippen LogP contribution is -2.25. The minimum Gasteiger partial charge on any atom is -0.497 e. The van der Waals surface area contributed by atoms with Gasteiger partial charge in [-0.15, -0.1) is 16.4 Å². The Kier molecular flexibility index (Phi) is 4.70. The third-order valence-electron chi connectivity index (χ3n) is 4.39. The van der Waals surface area contributed by atoms with E-state index in [4.69, 9.17) is 10.5 Å². The molecule has 0 spiro atoms. The zero-order valence-corrected chi connectivity index (χ0v) is 16.3. The van der Waals surface area contributed by atoms with Crippen molar-refractivity contribution in [3.63, 3.8) is 0 Å². The number of nitrogens with zero attached hydrogens (tertiary/aromatic N) is 4. The first-order valence-corrected chi connectivity index (χ1v) is 9.50. The van der Waals surface area contributed by atoms with E-state index in [1.165, 1.54) is 11.3 Å². The van der Waals surface area contributed by atoms with E-state index in [0.29, 0.717) is 17.1 Å². The number of nitrogens with two attached hydrogens (primary N) is 1. The van der Waals surface area contributed by atoms with Crippen LogP contribution in [0.25, 0.3) is 16.8 Å². The third kappa shape index (κ3) is 3.54. The van der Waals surface area contributed by atoms with Crippen molar-refractivity contribution in [2.45, 2.75) is 6.54 Å². The average molecular weight is 393 g/mol. The molecule has 0 radical (unpaired) electrons. The van der Waals surface area contributed by atoms with E-state index in [-0.39, 0.29) is 11.9 Å². The van der Waals surface area contributed by atoms with E-state index in [1.54, 1.807) is 23.6 Å². The third-order valence-corrected chi connectivity index (χ3v) is 5.31. The van der Waals surface area contributed by atoms with Crippen molar-refractivity contribution in [3.05, 3.63) is 64.5 Å². The molecular formula is C20H19N5O2S. The molecule has 3 aromatic heterocycles. The van der Waals surface area contributed by atoms with Gasteiger partial charge in [0.1, 0.15) is 5.75 Å². The average Bonchev–Trinajstić information content (AvgIpc) is 3.32. The molecular weight excluding hydrogens is 374 g/mol. The molecule has 1 aromatic carbocycles. The van der Waals surface area contributed by atoms with E-state index in [2.05, 4.69) is 10.1 Å². The van der Waals surface area contributed by atoms with Crippen molar-refractivity contribution in [2.75, 3.05) is 19.9 Å². The van der Waals surface area contributed by atoms with Gasteiger partial charge in [0.25, 0.3) is 5.91 Å². The fourth-order valence-corrected chi connectivity index (χ4v) is 3.89. The number of ether oxygens (including phenoxy) is 1. The zero-order valence-electron chi connectivity index (χ0n) is 15.5. The molecule has 4 rings (SSSR count). The van der Waals surface area contributed by atoms with Crippen LogP contribution < -0.4 is 10.5 Å². The Morgan fingerprint density at radius 1 is 1.25 bits per heavy atom. The SMILES string of the molecule is COc1cccc(CN(C)C(=O)c2cc(-c3ccc4nc(N)nn4c3)cs2)c1. The van der Waals surface area contributed by atoms with Crippen molar-refractivity contribution >= 4 is 28.8 Å². The maximum Gasteiger partial charge on any atom is 0.263 e. The van der Waals surface area contributed by atoms with Crippen LogP contribution in [0, 0.1) is 0 Å². The number of hydrogen-bond donors (Lipinski definition) is 1. The fourth-order valence-electron chi connectivity index (χ4n) is 2.98. The summed E-state index contributed by atoms with van der Waals surface area (Å²) in [5, 5.41) is 6.10. The second kappa shape index (κ2) is 7.32. The first kappa shape index (κ1) is 18.0. The number of thiophene rings is 1. The van der Waals surface area contributed by atoms with Crippen LogP contribution in [0.15, 0.2) is 54.0 Å². The number of benzene rings is 1. The Morgan fingerprint density at radius 3 is 2.93 bits per heavy atom. The van der Waals surface area contributed by atoms with Gasteiger partial charge in [0.15, 0.2) is 5.65 Å². The summed E-state index contributed by atoms with van der Waals surface area (Å²) >= 11 is 1.42. The van der Waals surface area contributed by atoms with Crippen LogP contribution in [-0.4, -0.2) is 39.6 Å². The molecule has 0 atom stereocenters. The van der Waals surface area contributed by atoms with Crippen LogP contribution in [0.4, 0.5) is 5.95 Å². The lowest BCUT2D eigenvalue weighted by molar-refractivity contribution is 0.0790. The van der Waals surface area contributed by atoms with Gasteiger partial charge in [0.2, 0.25) is 5.95 Å². The van der Waals surface area contributed by atoms with E-state index < -0.39 is 0 Å². The number of nitrogen functional groups attached to an aromatic ring is 1. The van der Waals surface area contributed by atoms with Gasteiger partial charge in [-0.2, -0.15) is 4.98 Å². The first-order valence-electron chi connectivity index (χ1n) is 8.62. The Morgan fingerprint density at radius 2 is 2.11 bits per heavy atom. The molecule has 0 aliphatic rings. The van der Waals surface area contributed by atoms with E-state index in [9.17, 15) is 4.79 Å². The summed E-state index contributed by atoms with van der Waals surface area (Å²) in [7, 11) is 3.43. The van der Waals surface area contributed by atoms with Crippen molar-refractivity contribution in [2.24, 2.45) is 0 Å². The van der Waals surface area contributed by atoms with E-state index in [1.807, 2.05) is 54.0 Å². The van der Waals surface area contributed by atoms with Crippen molar-refractivity contribution in [3.8, 4) is 16.9 Å². The summed E-state index contributed by atoms with van der Waals surface area (Å²) in [5.41, 5.74) is 9.24. The van der Waals surface area contributed by atoms with Gasteiger partial charge in [0.05, 0.1) is 12.0 Å². The van der Waals surface area contributed by atoms with Crippen LogP contribution >= 0.6 is 11.3 Å². The molecule has 28 heavy (non-hydrogen) atoms. The molecule has 0 aliphatic heterocycles. The smallest absolute Gasteiger partial charge is 0.263 e. The standard InChI is InChI=1S/C20H19N5O2S/c1-24(10-13-4-3-5-16(8-13)27-2)19(26)17-9-15(12-28-17)14-6-7-18-22-20(21)23-25(18)11-14/h3-9,11-12H,10H2,1-2H3,(H2,21,23). The molecule has 4 aromatic rings. The largest absolute Gasteiger partial charge is 0.497 e. The minimum absolute atomic E-state index is 0.0230. The summed E-state index contributed by atoms with van der Waals surface area (Å²) in [4.78, 5) is 19.3. The molecule has 1 amide bonds. The van der Waals surface area contributed by atoms with Crippen molar-refractivity contribution in [1.82, 2.24) is 19.5 Å². The summed E-state index contributed by atoms with van der Waals surface area (Å²) in [6, 6.07) is 13.4. The van der Waals surface area contributed by atoms with Crippen LogP contribution in [0.5, 0.6) is 5.75 Å². The number of hydrogen-bond acceptors (Lipinski definition) is 6. The molecule has 0 saturated carbocycles. The van der Waals surface area contributed by atoms with E-state index in [0.717, 1.165) is 22.4 Å². The van der Waals surface area contributed by atoms with Crippen molar-refractivity contribution < 1.29 is 9.53 Å². The number of methoxy groups -OCH3 is 1. The van der Waals surface area contributed by atoms with Crippen LogP contribution in [0.2, 0.25) is 0 Å². The highest BCUT2D eigenvalue weighted by molar-refractivity contribution is 7.12. The predicted octanol–water partition coefficient (Wildman–Crippen LogP) is 3.32. The summed E-state index contributed by atoms with van der Waals surface area (Å²) in [6.07, 6.45) is 1.86. The van der Waals surface area contributed by atoms with Gasteiger partial charge >= 0.3 is 0 Å². The second-order valence-corrected chi connectivity index (χ2v) is 7.31. The summed E-state index contributed by atoms with van der Waals surface area (Å²) in [6.45, 7) is 0.507. The number of anilines is 1. The molecule has 0 saturated heterocycles. The van der Waals surface area contributed by atoms with Crippen LogP contribution in [-0.2, 0) is 6.54 Å². The Bertz CT molecular complexity index is 1150. The molecule has 0 unspecified atom stereocenters. The molecule has 0 aliphatic carbocycles. The van der Waals surface area contributed by atoms with Gasteiger partial charge in [-0.1, -0.05) is 12.1 Å². The first-order chi connectivity index (χ1) is 13.5. The number of carbonyl (C=O) groups is 1. The van der Waals surface area contributed by atoms with Gasteiger partial charge in [-0.3, -0.25) is 4.79 Å². The quantitative estimate of drug-likeness (QED) is 0.562. The lowest BCUT2D eigenvalue weighted by Gasteiger charge is -2.16. The second-order valence-electron chi connectivity index (χ2n) is 6.40. The van der Waals surface area contributed by atoms with Crippen molar-refractivity contribution in [1.29, 1.82) is 0 Å². The Hall–Kier alpha value is -3.39. The molecule has 8 heteroatoms. The minimum atomic E-state index is -0.0230. The summed E-state index contributed by atoms with van der Waals surface area (Å²) < 4.78 is 6.88.